The smallest absolute Gasteiger partial charge is 0.257 e. The fraction of sp³-hybridized carbons (Fsp3) is 0.417. The molecule has 1 aliphatic heterocycles. The minimum absolute atomic E-state index is 0.0345. The van der Waals surface area contributed by atoms with E-state index in [2.05, 4.69) is 15.9 Å². The second-order valence-corrected chi connectivity index (χ2v) is 5.30. The largest absolute Gasteiger partial charge is 0.334 e. The van der Waals surface area contributed by atoms with E-state index in [4.69, 9.17) is 11.6 Å². The summed E-state index contributed by atoms with van der Waals surface area (Å²) in [7, 11) is 0. The molecule has 0 aromatic heterocycles. The van der Waals surface area contributed by atoms with Gasteiger partial charge in [0.1, 0.15) is 5.82 Å². The quantitative estimate of drug-likeness (QED) is 0.765. The molecule has 1 amide bonds. The Morgan fingerprint density at radius 2 is 2.35 bits per heavy atom. The highest BCUT2D eigenvalue weighted by Gasteiger charge is 2.29. The molecule has 0 bridgehead atoms. The van der Waals surface area contributed by atoms with E-state index >= 15 is 0 Å². The molecule has 1 aliphatic rings. The van der Waals surface area contributed by atoms with E-state index in [1.807, 2.05) is 0 Å². The normalized spacial score (nSPS) is 19.7. The third-order valence-electron chi connectivity index (χ3n) is 2.98. The first kappa shape index (κ1) is 12.8. The second kappa shape index (κ2) is 5.36. The monoisotopic (exact) mass is 319 g/mol. The highest BCUT2D eigenvalue weighted by Crippen LogP contribution is 2.23. The molecule has 92 valence electrons. The first-order chi connectivity index (χ1) is 8.13. The molecule has 1 atom stereocenters. The van der Waals surface area contributed by atoms with Crippen molar-refractivity contribution < 1.29 is 9.18 Å². The first-order valence-corrected chi connectivity index (χ1v) is 6.78. The van der Waals surface area contributed by atoms with Crippen LogP contribution in [0.5, 0.6) is 0 Å². The molecule has 1 aromatic carbocycles. The van der Waals surface area contributed by atoms with E-state index in [1.54, 1.807) is 11.0 Å². The fourth-order valence-corrected chi connectivity index (χ4v) is 2.74. The Balaban J connectivity index is 2.24. The van der Waals surface area contributed by atoms with Crippen molar-refractivity contribution >= 4 is 33.4 Å². The van der Waals surface area contributed by atoms with E-state index in [0.29, 0.717) is 16.9 Å². The zero-order valence-corrected chi connectivity index (χ0v) is 11.5. The van der Waals surface area contributed by atoms with Gasteiger partial charge >= 0.3 is 0 Å². The Morgan fingerprint density at radius 3 is 3.00 bits per heavy atom. The Labute approximate surface area is 113 Å². The third-order valence-corrected chi connectivity index (χ3v) is 3.83. The summed E-state index contributed by atoms with van der Waals surface area (Å²) in [4.78, 5) is 13.8. The molecule has 0 spiro atoms. The molecular formula is C12H12BrClFNO. The predicted octanol–water partition coefficient (Wildman–Crippen LogP) is 3.43. The van der Waals surface area contributed by atoms with Gasteiger partial charge in [-0.3, -0.25) is 4.79 Å². The number of alkyl halides is 1. The van der Waals surface area contributed by atoms with Gasteiger partial charge < -0.3 is 4.90 Å². The summed E-state index contributed by atoms with van der Waals surface area (Å²) >= 11 is 8.97. The highest BCUT2D eigenvalue weighted by atomic mass is 79.9. The van der Waals surface area contributed by atoms with Crippen LogP contribution in [-0.2, 0) is 0 Å². The number of hydrogen-bond acceptors (Lipinski definition) is 1. The van der Waals surface area contributed by atoms with Gasteiger partial charge in [0.25, 0.3) is 5.91 Å². The van der Waals surface area contributed by atoms with Crippen molar-refractivity contribution in [3.8, 4) is 0 Å². The topological polar surface area (TPSA) is 20.3 Å². The lowest BCUT2D eigenvalue weighted by molar-refractivity contribution is 0.0744. The first-order valence-electron chi connectivity index (χ1n) is 5.45. The lowest BCUT2D eigenvalue weighted by Gasteiger charge is -2.23. The van der Waals surface area contributed by atoms with Crippen LogP contribution in [0.4, 0.5) is 4.39 Å². The van der Waals surface area contributed by atoms with Crippen LogP contribution in [-0.4, -0.2) is 29.3 Å². The summed E-state index contributed by atoms with van der Waals surface area (Å²) in [6.45, 7) is 0.658. The summed E-state index contributed by atoms with van der Waals surface area (Å²) in [6, 6.07) is 4.51. The van der Waals surface area contributed by atoms with Crippen molar-refractivity contribution in [1.82, 2.24) is 4.90 Å². The average molecular weight is 321 g/mol. The molecule has 0 radical (unpaired) electrons. The minimum atomic E-state index is -0.496. The van der Waals surface area contributed by atoms with Gasteiger partial charge in [-0.25, -0.2) is 4.39 Å². The molecule has 1 unspecified atom stereocenters. The Morgan fingerprint density at radius 1 is 1.59 bits per heavy atom. The van der Waals surface area contributed by atoms with Gasteiger partial charge in [-0.05, 0) is 31.0 Å². The number of nitrogens with zero attached hydrogens (tertiary/aromatic N) is 1. The number of rotatable bonds is 2. The standard InChI is InChI=1S/C12H12BrClFNO/c13-8-3-4-10(11(15)6-8)12(17)16-5-1-2-9(16)7-14/h3-4,6,9H,1-2,5,7H2. The van der Waals surface area contributed by atoms with E-state index in [0.717, 1.165) is 12.8 Å². The van der Waals surface area contributed by atoms with Crippen molar-refractivity contribution in [3.63, 3.8) is 0 Å². The van der Waals surface area contributed by atoms with Crippen LogP contribution in [0.3, 0.4) is 0 Å². The summed E-state index contributed by atoms with van der Waals surface area (Å²) in [5, 5.41) is 0. The maximum absolute atomic E-state index is 13.7. The van der Waals surface area contributed by atoms with Crippen LogP contribution in [0, 0.1) is 5.82 Å². The zero-order valence-electron chi connectivity index (χ0n) is 9.13. The lowest BCUT2D eigenvalue weighted by atomic mass is 10.1. The average Bonchev–Trinajstić information content (AvgIpc) is 2.76. The third kappa shape index (κ3) is 2.63. The van der Waals surface area contributed by atoms with Crippen LogP contribution in [0.25, 0.3) is 0 Å². The summed E-state index contributed by atoms with van der Waals surface area (Å²) in [6.07, 6.45) is 1.83. The molecule has 1 fully saturated rings. The molecule has 17 heavy (non-hydrogen) atoms. The van der Waals surface area contributed by atoms with E-state index < -0.39 is 5.82 Å². The Hall–Kier alpha value is -0.610. The van der Waals surface area contributed by atoms with Gasteiger partial charge in [0.15, 0.2) is 0 Å². The van der Waals surface area contributed by atoms with Crippen LogP contribution in [0.2, 0.25) is 0 Å². The van der Waals surface area contributed by atoms with Gasteiger partial charge in [-0.2, -0.15) is 0 Å². The molecule has 0 aliphatic carbocycles. The maximum Gasteiger partial charge on any atom is 0.257 e. The Bertz CT molecular complexity index is 441. The molecular weight excluding hydrogens is 308 g/mol. The number of carbonyl (C=O) groups is 1. The van der Waals surface area contributed by atoms with Crippen molar-refractivity contribution in [1.29, 1.82) is 0 Å². The van der Waals surface area contributed by atoms with Crippen LogP contribution in [0.1, 0.15) is 23.2 Å². The zero-order chi connectivity index (χ0) is 12.4. The van der Waals surface area contributed by atoms with E-state index in [9.17, 15) is 9.18 Å². The molecule has 2 nitrogen and oxygen atoms in total. The van der Waals surface area contributed by atoms with Gasteiger partial charge in [-0.1, -0.05) is 15.9 Å². The van der Waals surface area contributed by atoms with Gasteiger partial charge in [0.05, 0.1) is 5.56 Å². The van der Waals surface area contributed by atoms with Crippen molar-refractivity contribution in [2.75, 3.05) is 12.4 Å². The number of benzene rings is 1. The molecule has 5 heteroatoms. The molecule has 1 saturated heterocycles. The van der Waals surface area contributed by atoms with E-state index in [-0.39, 0.29) is 17.5 Å². The number of hydrogen-bond donors (Lipinski definition) is 0. The Kier molecular flexibility index (Phi) is 4.05. The lowest BCUT2D eigenvalue weighted by Crippen LogP contribution is -2.37. The SMILES string of the molecule is O=C(c1ccc(Br)cc1F)N1CCCC1CCl. The summed E-state index contributed by atoms with van der Waals surface area (Å²) < 4.78 is 14.3. The molecule has 1 aromatic rings. The maximum atomic E-state index is 13.7. The van der Waals surface area contributed by atoms with Crippen molar-refractivity contribution in [2.24, 2.45) is 0 Å². The molecule has 1 heterocycles. The number of likely N-dealkylation sites (tertiary alicyclic amines) is 1. The highest BCUT2D eigenvalue weighted by molar-refractivity contribution is 9.10. The molecule has 0 saturated carbocycles. The van der Waals surface area contributed by atoms with E-state index in [1.165, 1.54) is 12.1 Å². The molecule has 2 rings (SSSR count). The van der Waals surface area contributed by atoms with Crippen molar-refractivity contribution in [3.05, 3.63) is 34.1 Å². The predicted molar refractivity (Wildman–Crippen MR) is 68.9 cm³/mol. The number of halogens is 3. The summed E-state index contributed by atoms with van der Waals surface area (Å²) in [5.74, 6) is -0.355. The van der Waals surface area contributed by atoms with Crippen LogP contribution in [0.15, 0.2) is 22.7 Å². The fourth-order valence-electron chi connectivity index (χ4n) is 2.08. The van der Waals surface area contributed by atoms with Gasteiger partial charge in [-0.15, -0.1) is 11.6 Å². The second-order valence-electron chi connectivity index (χ2n) is 4.07. The van der Waals surface area contributed by atoms with Crippen LogP contribution < -0.4 is 0 Å². The van der Waals surface area contributed by atoms with Crippen molar-refractivity contribution in [2.45, 2.75) is 18.9 Å². The minimum Gasteiger partial charge on any atom is -0.334 e. The number of carbonyl (C=O) groups excluding carboxylic acids is 1. The van der Waals surface area contributed by atoms with Gasteiger partial charge in [0.2, 0.25) is 0 Å². The van der Waals surface area contributed by atoms with Gasteiger partial charge in [0, 0.05) is 22.9 Å². The molecule has 0 N–H and O–H groups in total. The summed E-state index contributed by atoms with van der Waals surface area (Å²) in [5.41, 5.74) is 0.116. The van der Waals surface area contributed by atoms with Crippen LogP contribution >= 0.6 is 27.5 Å². The number of amides is 1.